The van der Waals surface area contributed by atoms with Gasteiger partial charge >= 0.3 is 6.03 Å². The Morgan fingerprint density at radius 1 is 1.25 bits per heavy atom. The number of benzene rings is 1. The van der Waals surface area contributed by atoms with E-state index in [1.165, 1.54) is 0 Å². The first-order chi connectivity index (χ1) is 9.74. The van der Waals surface area contributed by atoms with Crippen LogP contribution in [0.1, 0.15) is 0 Å². The molecule has 0 radical (unpaired) electrons. The molecule has 0 spiro atoms. The largest absolute Gasteiger partial charge is 0.488 e. The van der Waals surface area contributed by atoms with Crippen LogP contribution in [0.15, 0.2) is 42.5 Å². The number of carbonyl (C=O) groups excluding carboxylic acids is 1. The van der Waals surface area contributed by atoms with Gasteiger partial charge in [0.05, 0.1) is 6.54 Å². The standard InChI is InChI=1S/C14H12IN3O2/c15-12-7-6-11-13(17-12)18(8-9-20-11)14(19)16-10-4-2-1-3-5-10/h1-7H,8-9H2,(H,16,19). The molecule has 5 nitrogen and oxygen atoms in total. The predicted octanol–water partition coefficient (Wildman–Crippen LogP) is 3.12. The lowest BCUT2D eigenvalue weighted by atomic mass is 10.3. The molecule has 1 N–H and O–H groups in total. The minimum Gasteiger partial charge on any atom is -0.488 e. The van der Waals surface area contributed by atoms with Crippen LogP contribution in [0, 0.1) is 3.70 Å². The minimum absolute atomic E-state index is 0.199. The van der Waals surface area contributed by atoms with Crippen molar-refractivity contribution in [1.29, 1.82) is 0 Å². The number of rotatable bonds is 1. The lowest BCUT2D eigenvalue weighted by Gasteiger charge is -2.28. The molecule has 0 saturated heterocycles. The average molecular weight is 381 g/mol. The number of carbonyl (C=O) groups is 1. The second-order valence-corrected chi connectivity index (χ2v) is 5.36. The first-order valence-corrected chi connectivity index (χ1v) is 7.25. The van der Waals surface area contributed by atoms with Gasteiger partial charge in [-0.3, -0.25) is 4.90 Å². The monoisotopic (exact) mass is 381 g/mol. The fourth-order valence-corrected chi connectivity index (χ4v) is 2.39. The van der Waals surface area contributed by atoms with Gasteiger partial charge in [0.15, 0.2) is 11.6 Å². The average Bonchev–Trinajstić information content (AvgIpc) is 2.47. The normalized spacial score (nSPS) is 13.3. The van der Waals surface area contributed by atoms with Gasteiger partial charge in [0, 0.05) is 5.69 Å². The van der Waals surface area contributed by atoms with Crippen molar-refractivity contribution >= 4 is 40.1 Å². The number of hydrogen-bond donors (Lipinski definition) is 1. The topological polar surface area (TPSA) is 54.5 Å². The molecule has 0 unspecified atom stereocenters. The number of nitrogens with one attached hydrogen (secondary N) is 1. The van der Waals surface area contributed by atoms with Crippen LogP contribution in [-0.2, 0) is 0 Å². The van der Waals surface area contributed by atoms with E-state index in [4.69, 9.17) is 4.74 Å². The summed E-state index contributed by atoms with van der Waals surface area (Å²) in [5.41, 5.74) is 0.760. The van der Waals surface area contributed by atoms with Gasteiger partial charge in [-0.2, -0.15) is 0 Å². The number of para-hydroxylation sites is 1. The first kappa shape index (κ1) is 13.2. The van der Waals surface area contributed by atoms with Crippen LogP contribution in [0.2, 0.25) is 0 Å². The van der Waals surface area contributed by atoms with Crippen molar-refractivity contribution in [1.82, 2.24) is 4.98 Å². The van der Waals surface area contributed by atoms with E-state index in [1.54, 1.807) is 4.90 Å². The van der Waals surface area contributed by atoms with Crippen molar-refractivity contribution in [3.05, 3.63) is 46.2 Å². The highest BCUT2D eigenvalue weighted by atomic mass is 127. The summed E-state index contributed by atoms with van der Waals surface area (Å²) in [5.74, 6) is 1.21. The molecule has 2 amide bonds. The highest BCUT2D eigenvalue weighted by molar-refractivity contribution is 14.1. The lowest BCUT2D eigenvalue weighted by molar-refractivity contribution is 0.249. The molecule has 3 rings (SSSR count). The van der Waals surface area contributed by atoms with Crippen LogP contribution in [-0.4, -0.2) is 24.2 Å². The summed E-state index contributed by atoms with van der Waals surface area (Å²) in [5, 5.41) is 2.86. The van der Waals surface area contributed by atoms with E-state index >= 15 is 0 Å². The van der Waals surface area contributed by atoms with Gasteiger partial charge in [0.2, 0.25) is 0 Å². The summed E-state index contributed by atoms with van der Waals surface area (Å²) in [6.07, 6.45) is 0. The lowest BCUT2D eigenvalue weighted by Crippen LogP contribution is -2.41. The van der Waals surface area contributed by atoms with E-state index in [-0.39, 0.29) is 6.03 Å². The molecule has 2 aromatic rings. The molecular weight excluding hydrogens is 369 g/mol. The van der Waals surface area contributed by atoms with Gasteiger partial charge in [-0.15, -0.1) is 0 Å². The summed E-state index contributed by atoms with van der Waals surface area (Å²) in [7, 11) is 0. The number of ether oxygens (including phenoxy) is 1. The highest BCUT2D eigenvalue weighted by Gasteiger charge is 2.25. The molecule has 6 heteroatoms. The van der Waals surface area contributed by atoms with Gasteiger partial charge in [-0.1, -0.05) is 18.2 Å². The molecule has 20 heavy (non-hydrogen) atoms. The highest BCUT2D eigenvalue weighted by Crippen LogP contribution is 2.30. The SMILES string of the molecule is O=C(Nc1ccccc1)N1CCOc2ccc(I)nc21. The Morgan fingerprint density at radius 3 is 2.85 bits per heavy atom. The molecular formula is C14H12IN3O2. The zero-order valence-corrected chi connectivity index (χ0v) is 12.7. The fraction of sp³-hybridized carbons (Fsp3) is 0.143. The minimum atomic E-state index is -0.199. The van der Waals surface area contributed by atoms with E-state index < -0.39 is 0 Å². The number of fused-ring (bicyclic) bond motifs is 1. The van der Waals surface area contributed by atoms with E-state index in [9.17, 15) is 4.79 Å². The third-order valence-corrected chi connectivity index (χ3v) is 3.50. The molecule has 1 aromatic heterocycles. The second-order valence-electron chi connectivity index (χ2n) is 4.25. The molecule has 0 saturated carbocycles. The zero-order chi connectivity index (χ0) is 13.9. The Balaban J connectivity index is 1.85. The van der Waals surface area contributed by atoms with E-state index in [0.717, 1.165) is 9.39 Å². The summed E-state index contributed by atoms with van der Waals surface area (Å²) in [6.45, 7) is 0.955. The number of aromatic nitrogens is 1. The van der Waals surface area contributed by atoms with Crippen LogP contribution >= 0.6 is 22.6 Å². The van der Waals surface area contributed by atoms with Crippen molar-refractivity contribution in [2.24, 2.45) is 0 Å². The van der Waals surface area contributed by atoms with Crippen molar-refractivity contribution in [2.75, 3.05) is 23.4 Å². The molecule has 0 aliphatic carbocycles. The van der Waals surface area contributed by atoms with Crippen LogP contribution in [0.4, 0.5) is 16.3 Å². The third kappa shape index (κ3) is 2.69. The van der Waals surface area contributed by atoms with Crippen molar-refractivity contribution in [2.45, 2.75) is 0 Å². The summed E-state index contributed by atoms with van der Waals surface area (Å²) in [4.78, 5) is 18.3. The number of halogens is 1. The van der Waals surface area contributed by atoms with Gasteiger partial charge in [-0.25, -0.2) is 9.78 Å². The van der Waals surface area contributed by atoms with Crippen LogP contribution in [0.25, 0.3) is 0 Å². The molecule has 102 valence electrons. The Hall–Kier alpha value is -1.83. The van der Waals surface area contributed by atoms with E-state index in [1.807, 2.05) is 42.5 Å². The smallest absolute Gasteiger partial charge is 0.327 e. The molecule has 0 fully saturated rings. The van der Waals surface area contributed by atoms with Gasteiger partial charge in [0.25, 0.3) is 0 Å². The Morgan fingerprint density at radius 2 is 2.05 bits per heavy atom. The molecule has 1 aromatic carbocycles. The number of anilines is 2. The number of amides is 2. The van der Waals surface area contributed by atoms with Crippen LogP contribution < -0.4 is 15.0 Å². The van der Waals surface area contributed by atoms with Crippen molar-refractivity contribution in [3.8, 4) is 5.75 Å². The van der Waals surface area contributed by atoms with E-state index in [2.05, 4.69) is 32.9 Å². The molecule has 2 heterocycles. The van der Waals surface area contributed by atoms with Crippen molar-refractivity contribution in [3.63, 3.8) is 0 Å². The maximum absolute atomic E-state index is 12.4. The summed E-state index contributed by atoms with van der Waals surface area (Å²) < 4.78 is 6.35. The summed E-state index contributed by atoms with van der Waals surface area (Å²) >= 11 is 2.12. The van der Waals surface area contributed by atoms with Crippen LogP contribution in [0.5, 0.6) is 5.75 Å². The number of hydrogen-bond acceptors (Lipinski definition) is 3. The molecule has 0 atom stereocenters. The molecule has 1 aliphatic heterocycles. The molecule has 0 bridgehead atoms. The number of urea groups is 1. The maximum Gasteiger partial charge on any atom is 0.327 e. The summed E-state index contributed by atoms with van der Waals surface area (Å²) in [6, 6.07) is 12.9. The maximum atomic E-state index is 12.4. The third-order valence-electron chi connectivity index (χ3n) is 2.90. The molecule has 1 aliphatic rings. The van der Waals surface area contributed by atoms with Gasteiger partial charge < -0.3 is 10.1 Å². The van der Waals surface area contributed by atoms with E-state index in [0.29, 0.717) is 24.7 Å². The van der Waals surface area contributed by atoms with Gasteiger partial charge in [-0.05, 0) is 46.9 Å². The predicted molar refractivity (Wildman–Crippen MR) is 85.3 cm³/mol. The van der Waals surface area contributed by atoms with Gasteiger partial charge in [0.1, 0.15) is 10.3 Å². The second kappa shape index (κ2) is 5.66. The Labute approximate surface area is 130 Å². The number of pyridine rings is 1. The van der Waals surface area contributed by atoms with Crippen LogP contribution in [0.3, 0.4) is 0 Å². The fourth-order valence-electron chi connectivity index (χ4n) is 1.98. The Bertz CT molecular complexity index is 634. The van der Waals surface area contributed by atoms with Crippen molar-refractivity contribution < 1.29 is 9.53 Å². The zero-order valence-electron chi connectivity index (χ0n) is 10.5. The first-order valence-electron chi connectivity index (χ1n) is 6.17. The quantitative estimate of drug-likeness (QED) is 0.610. The Kier molecular flexibility index (Phi) is 3.72. The number of nitrogens with zero attached hydrogens (tertiary/aromatic N) is 2.